The first kappa shape index (κ1) is 24.6. The second-order valence-electron chi connectivity index (χ2n) is 7.51. The predicted molar refractivity (Wildman–Crippen MR) is 107 cm³/mol. The number of amides is 2. The third kappa shape index (κ3) is 5.86. The molecule has 0 radical (unpaired) electrons. The molecule has 13 heteroatoms. The zero-order valence-electron chi connectivity index (χ0n) is 16.9. The van der Waals surface area contributed by atoms with Crippen molar-refractivity contribution in [3.63, 3.8) is 0 Å². The molecule has 3 N–H and O–H groups in total. The van der Waals surface area contributed by atoms with Gasteiger partial charge in [-0.15, -0.1) is 0 Å². The summed E-state index contributed by atoms with van der Waals surface area (Å²) in [5.74, 6) is -2.98. The SMILES string of the molecule is CC(NC(=O)C1(NC(=O)C(F)(F)F)CC1)c1ccc(Nc2ccc(Cl)cc2C(F)(F)F)cn1. The van der Waals surface area contributed by atoms with Crippen LogP contribution in [0.1, 0.15) is 37.1 Å². The molecule has 1 saturated carbocycles. The van der Waals surface area contributed by atoms with Crippen LogP contribution < -0.4 is 16.0 Å². The lowest BCUT2D eigenvalue weighted by molar-refractivity contribution is -0.175. The van der Waals surface area contributed by atoms with Crippen LogP contribution in [0.3, 0.4) is 0 Å². The molecule has 3 rings (SSSR count). The summed E-state index contributed by atoms with van der Waals surface area (Å²) < 4.78 is 77.1. The summed E-state index contributed by atoms with van der Waals surface area (Å²) in [5.41, 5.74) is -2.29. The molecule has 2 aromatic rings. The summed E-state index contributed by atoms with van der Waals surface area (Å²) in [7, 11) is 0. The average molecular weight is 495 g/mol. The fourth-order valence-electron chi connectivity index (χ4n) is 2.98. The predicted octanol–water partition coefficient (Wildman–Crippen LogP) is 4.89. The number of benzene rings is 1. The van der Waals surface area contributed by atoms with Gasteiger partial charge in [0.05, 0.1) is 34.9 Å². The van der Waals surface area contributed by atoms with Crippen molar-refractivity contribution in [1.29, 1.82) is 0 Å². The average Bonchev–Trinajstić information content (AvgIpc) is 3.49. The van der Waals surface area contributed by atoms with Gasteiger partial charge in [-0.25, -0.2) is 0 Å². The number of aromatic nitrogens is 1. The molecule has 0 spiro atoms. The Morgan fingerprint density at radius 2 is 1.76 bits per heavy atom. The van der Waals surface area contributed by atoms with Crippen LogP contribution in [-0.4, -0.2) is 28.5 Å². The highest BCUT2D eigenvalue weighted by molar-refractivity contribution is 6.30. The molecular weight excluding hydrogens is 478 g/mol. The molecular formula is C20H17ClF6N4O2. The number of halogens is 7. The molecule has 178 valence electrons. The van der Waals surface area contributed by atoms with E-state index in [2.05, 4.69) is 15.6 Å². The summed E-state index contributed by atoms with van der Waals surface area (Å²) in [5, 5.41) is 6.73. The van der Waals surface area contributed by atoms with Gasteiger partial charge in [-0.2, -0.15) is 26.3 Å². The number of rotatable bonds is 6. The maximum Gasteiger partial charge on any atom is 0.471 e. The minimum Gasteiger partial charge on any atom is -0.354 e. The fourth-order valence-corrected chi connectivity index (χ4v) is 3.15. The first-order chi connectivity index (χ1) is 15.2. The lowest BCUT2D eigenvalue weighted by Crippen LogP contribution is -2.53. The van der Waals surface area contributed by atoms with Crippen molar-refractivity contribution in [2.75, 3.05) is 5.32 Å². The van der Waals surface area contributed by atoms with Crippen molar-refractivity contribution in [1.82, 2.24) is 15.6 Å². The summed E-state index contributed by atoms with van der Waals surface area (Å²) >= 11 is 5.66. The van der Waals surface area contributed by atoms with Gasteiger partial charge in [0.1, 0.15) is 5.54 Å². The molecule has 2 amide bonds. The van der Waals surface area contributed by atoms with Gasteiger partial charge in [-0.3, -0.25) is 14.6 Å². The molecule has 1 aromatic carbocycles. The molecule has 1 fully saturated rings. The molecule has 1 heterocycles. The minimum atomic E-state index is -5.11. The van der Waals surface area contributed by atoms with Crippen LogP contribution in [0.4, 0.5) is 37.7 Å². The van der Waals surface area contributed by atoms with E-state index in [1.807, 2.05) is 0 Å². The van der Waals surface area contributed by atoms with E-state index in [0.717, 1.165) is 6.07 Å². The van der Waals surface area contributed by atoms with Crippen LogP contribution in [0.5, 0.6) is 0 Å². The van der Waals surface area contributed by atoms with Crippen molar-refractivity contribution < 1.29 is 35.9 Å². The molecule has 0 bridgehead atoms. The van der Waals surface area contributed by atoms with Gasteiger partial charge >= 0.3 is 18.3 Å². The smallest absolute Gasteiger partial charge is 0.354 e. The van der Waals surface area contributed by atoms with E-state index in [9.17, 15) is 35.9 Å². The lowest BCUT2D eigenvalue weighted by atomic mass is 10.1. The van der Waals surface area contributed by atoms with E-state index in [1.54, 1.807) is 5.32 Å². The summed E-state index contributed by atoms with van der Waals surface area (Å²) in [4.78, 5) is 27.6. The highest BCUT2D eigenvalue weighted by atomic mass is 35.5. The zero-order valence-corrected chi connectivity index (χ0v) is 17.6. The van der Waals surface area contributed by atoms with Crippen LogP contribution >= 0.6 is 11.6 Å². The van der Waals surface area contributed by atoms with Gasteiger partial charge in [0.25, 0.3) is 0 Å². The Bertz CT molecular complexity index is 1050. The molecule has 1 atom stereocenters. The van der Waals surface area contributed by atoms with Crippen molar-refractivity contribution in [2.24, 2.45) is 0 Å². The standard InChI is InChI=1S/C20H17ClF6N4O2/c1-10(29-16(32)18(6-7-18)31-17(33)20(25,26)27)14-5-3-12(9-28-14)30-15-4-2-11(21)8-13(15)19(22,23)24/h2-5,8-10,30H,6-7H2,1H3,(H,29,32)(H,31,33). The first-order valence-corrected chi connectivity index (χ1v) is 9.89. The second-order valence-corrected chi connectivity index (χ2v) is 7.95. The van der Waals surface area contributed by atoms with Gasteiger partial charge in [0, 0.05) is 5.02 Å². The zero-order chi connectivity index (χ0) is 24.6. The number of carbonyl (C=O) groups is 2. The Balaban J connectivity index is 1.66. The maximum atomic E-state index is 13.2. The largest absolute Gasteiger partial charge is 0.471 e. The second kappa shape index (κ2) is 8.73. The van der Waals surface area contributed by atoms with Gasteiger partial charge in [0.2, 0.25) is 5.91 Å². The van der Waals surface area contributed by atoms with Crippen molar-refractivity contribution in [3.05, 3.63) is 52.8 Å². The maximum absolute atomic E-state index is 13.2. The van der Waals surface area contributed by atoms with Gasteiger partial charge in [-0.05, 0) is 50.1 Å². The number of pyridine rings is 1. The highest BCUT2D eigenvalue weighted by Crippen LogP contribution is 2.38. The highest BCUT2D eigenvalue weighted by Gasteiger charge is 2.55. The Kier molecular flexibility index (Phi) is 6.51. The Morgan fingerprint density at radius 1 is 1.09 bits per heavy atom. The summed E-state index contributed by atoms with van der Waals surface area (Å²) in [6, 6.07) is 5.38. The molecule has 33 heavy (non-hydrogen) atoms. The van der Waals surface area contributed by atoms with Gasteiger partial charge in [0.15, 0.2) is 0 Å². The number of hydrogen-bond acceptors (Lipinski definition) is 4. The topological polar surface area (TPSA) is 83.1 Å². The molecule has 1 aromatic heterocycles. The Hall–Kier alpha value is -3.02. The van der Waals surface area contributed by atoms with Crippen molar-refractivity contribution >= 4 is 34.8 Å². The fraction of sp³-hybridized carbons (Fsp3) is 0.350. The quantitative estimate of drug-likeness (QED) is 0.500. The van der Waals surface area contributed by atoms with Crippen LogP contribution in [0.2, 0.25) is 5.02 Å². The van der Waals surface area contributed by atoms with Crippen LogP contribution in [-0.2, 0) is 15.8 Å². The lowest BCUT2D eigenvalue weighted by Gasteiger charge is -2.21. The number of anilines is 2. The monoisotopic (exact) mass is 494 g/mol. The van der Waals surface area contributed by atoms with Crippen molar-refractivity contribution in [3.8, 4) is 0 Å². The van der Waals surface area contributed by atoms with Crippen LogP contribution in [0.15, 0.2) is 36.5 Å². The third-order valence-corrected chi connectivity index (χ3v) is 5.17. The van der Waals surface area contributed by atoms with Crippen LogP contribution in [0, 0.1) is 0 Å². The summed E-state index contributed by atoms with van der Waals surface area (Å²) in [6.45, 7) is 1.52. The van der Waals surface area contributed by atoms with Crippen LogP contribution in [0.25, 0.3) is 0 Å². The molecule has 1 unspecified atom stereocenters. The van der Waals surface area contributed by atoms with Gasteiger partial charge < -0.3 is 16.0 Å². The number of nitrogens with zero attached hydrogens (tertiary/aromatic N) is 1. The first-order valence-electron chi connectivity index (χ1n) is 9.51. The normalized spacial score (nSPS) is 16.0. The number of alkyl halides is 6. The molecule has 1 aliphatic rings. The van der Waals surface area contributed by atoms with E-state index < -0.39 is 41.3 Å². The Labute approximate surface area is 188 Å². The number of hydrogen-bond donors (Lipinski definition) is 3. The van der Waals surface area contributed by atoms with Gasteiger partial charge in [-0.1, -0.05) is 11.6 Å². The van der Waals surface area contributed by atoms with Crippen molar-refractivity contribution in [2.45, 2.75) is 43.7 Å². The summed E-state index contributed by atoms with van der Waals surface area (Å²) in [6.07, 6.45) is -8.38. The van der Waals surface area contributed by atoms with E-state index in [4.69, 9.17) is 11.6 Å². The third-order valence-electron chi connectivity index (χ3n) is 4.94. The van der Waals surface area contributed by atoms with E-state index in [0.29, 0.717) is 5.69 Å². The van der Waals surface area contributed by atoms with E-state index >= 15 is 0 Å². The van der Waals surface area contributed by atoms with E-state index in [-0.39, 0.29) is 29.2 Å². The minimum absolute atomic E-state index is 0.0618. The molecule has 0 saturated heterocycles. The molecule has 6 nitrogen and oxygen atoms in total. The molecule has 1 aliphatic carbocycles. The Morgan fingerprint density at radius 3 is 2.27 bits per heavy atom. The van der Waals surface area contributed by atoms with E-state index in [1.165, 1.54) is 37.4 Å². The number of nitrogens with one attached hydrogen (secondary N) is 3. The molecule has 0 aliphatic heterocycles. The number of carbonyl (C=O) groups excluding carboxylic acids is 2.